The highest BCUT2D eigenvalue weighted by Gasteiger charge is 2.31. The first-order chi connectivity index (χ1) is 14.2. The van der Waals surface area contributed by atoms with Crippen LogP contribution in [-0.2, 0) is 13.0 Å². The molecule has 2 aromatic carbocycles. The van der Waals surface area contributed by atoms with E-state index in [-0.39, 0.29) is 12.5 Å². The summed E-state index contributed by atoms with van der Waals surface area (Å²) >= 11 is 7.51. The fraction of sp³-hybridized carbons (Fsp3) is 0.292. The number of rotatable bonds is 6. The molecule has 1 amide bonds. The van der Waals surface area contributed by atoms with Crippen molar-refractivity contribution in [1.29, 1.82) is 0 Å². The van der Waals surface area contributed by atoms with Gasteiger partial charge in [0.05, 0.1) is 17.0 Å². The predicted octanol–water partition coefficient (Wildman–Crippen LogP) is 5.94. The first-order valence-corrected chi connectivity index (χ1v) is 11.1. The molecule has 0 unspecified atom stereocenters. The van der Waals surface area contributed by atoms with E-state index >= 15 is 0 Å². The number of hydrogen-bond donors (Lipinski definition) is 1. The number of benzene rings is 2. The van der Waals surface area contributed by atoms with Gasteiger partial charge in [0.1, 0.15) is 12.4 Å². The number of amides is 1. The van der Waals surface area contributed by atoms with Crippen LogP contribution in [0.25, 0.3) is 10.4 Å². The molecule has 3 aromatic rings. The molecule has 0 saturated carbocycles. The average Bonchev–Trinajstić information content (AvgIpc) is 3.26. The van der Waals surface area contributed by atoms with Crippen molar-refractivity contribution in [2.75, 3.05) is 11.5 Å². The minimum atomic E-state index is -0.898. The van der Waals surface area contributed by atoms with Crippen molar-refractivity contribution in [2.24, 2.45) is 0 Å². The van der Waals surface area contributed by atoms with E-state index in [9.17, 15) is 9.90 Å². The topological polar surface area (TPSA) is 49.8 Å². The molecule has 30 heavy (non-hydrogen) atoms. The van der Waals surface area contributed by atoms with Gasteiger partial charge in [-0.2, -0.15) is 0 Å². The molecule has 1 aliphatic rings. The van der Waals surface area contributed by atoms with Crippen molar-refractivity contribution in [3.63, 3.8) is 0 Å². The third-order valence-corrected chi connectivity index (χ3v) is 6.49. The lowest BCUT2D eigenvalue weighted by atomic mass is 10.1. The molecule has 1 N–H and O–H groups in total. The van der Waals surface area contributed by atoms with Crippen molar-refractivity contribution in [1.82, 2.24) is 0 Å². The van der Waals surface area contributed by atoms with Gasteiger partial charge >= 0.3 is 0 Å². The first kappa shape index (κ1) is 20.9. The lowest BCUT2D eigenvalue weighted by molar-refractivity contribution is 0.0282. The number of ether oxygens (including phenoxy) is 1. The van der Waals surface area contributed by atoms with Gasteiger partial charge in [0, 0.05) is 15.6 Å². The van der Waals surface area contributed by atoms with E-state index in [0.717, 1.165) is 44.3 Å². The van der Waals surface area contributed by atoms with Gasteiger partial charge in [0.25, 0.3) is 5.91 Å². The van der Waals surface area contributed by atoms with Gasteiger partial charge in [-0.05, 0) is 73.4 Å². The summed E-state index contributed by atoms with van der Waals surface area (Å²) < 4.78 is 5.80. The summed E-state index contributed by atoms with van der Waals surface area (Å²) in [6.07, 6.45) is 0.777. The lowest BCUT2D eigenvalue weighted by Crippen LogP contribution is -2.28. The quantitative estimate of drug-likeness (QED) is 0.514. The molecule has 6 heteroatoms. The van der Waals surface area contributed by atoms with Crippen LogP contribution in [-0.4, -0.2) is 23.2 Å². The van der Waals surface area contributed by atoms with E-state index in [1.807, 2.05) is 47.4 Å². The number of thiophene rings is 1. The highest BCUT2D eigenvalue weighted by atomic mass is 35.5. The maximum absolute atomic E-state index is 13.1. The fourth-order valence-electron chi connectivity index (χ4n) is 3.46. The van der Waals surface area contributed by atoms with Gasteiger partial charge in [0.2, 0.25) is 0 Å². The van der Waals surface area contributed by atoms with Gasteiger partial charge in [-0.1, -0.05) is 30.7 Å². The molecule has 1 aliphatic heterocycles. The molecule has 4 nitrogen and oxygen atoms in total. The van der Waals surface area contributed by atoms with Gasteiger partial charge < -0.3 is 14.7 Å². The minimum Gasteiger partial charge on any atom is -0.490 e. The van der Waals surface area contributed by atoms with Crippen LogP contribution in [0.5, 0.6) is 5.75 Å². The molecule has 0 radical (unpaired) electrons. The van der Waals surface area contributed by atoms with Crippen molar-refractivity contribution < 1.29 is 14.6 Å². The second-order valence-electron chi connectivity index (χ2n) is 8.11. The van der Waals surface area contributed by atoms with Crippen LogP contribution in [0.2, 0.25) is 5.02 Å². The normalized spacial score (nSPS) is 13.6. The second-order valence-corrected chi connectivity index (χ2v) is 9.60. The SMILES string of the molecule is CCc1cc(N2Cc3cc(-c4ccc(Cl)cc4)sc3C2=O)ccc1OCC(C)(C)O. The molecule has 0 bridgehead atoms. The Balaban J connectivity index is 1.55. The highest BCUT2D eigenvalue weighted by molar-refractivity contribution is 7.17. The number of aliphatic hydroxyl groups is 1. The van der Waals surface area contributed by atoms with Crippen molar-refractivity contribution in [3.05, 3.63) is 69.6 Å². The maximum atomic E-state index is 13.1. The Labute approximate surface area is 185 Å². The number of nitrogens with zero attached hydrogens (tertiary/aromatic N) is 1. The predicted molar refractivity (Wildman–Crippen MR) is 123 cm³/mol. The Morgan fingerprint density at radius 3 is 2.53 bits per heavy atom. The zero-order valence-corrected chi connectivity index (χ0v) is 18.8. The summed E-state index contributed by atoms with van der Waals surface area (Å²) in [5, 5.41) is 10.6. The molecule has 0 aliphatic carbocycles. The van der Waals surface area contributed by atoms with Crippen molar-refractivity contribution >= 4 is 34.5 Å². The smallest absolute Gasteiger partial charge is 0.269 e. The zero-order valence-electron chi connectivity index (χ0n) is 17.2. The number of hydrogen-bond acceptors (Lipinski definition) is 4. The van der Waals surface area contributed by atoms with Gasteiger partial charge in [0.15, 0.2) is 0 Å². The van der Waals surface area contributed by atoms with Gasteiger partial charge in [-0.25, -0.2) is 0 Å². The Kier molecular flexibility index (Phi) is 5.62. The molecule has 4 rings (SSSR count). The van der Waals surface area contributed by atoms with Crippen LogP contribution in [0.4, 0.5) is 5.69 Å². The molecule has 1 aromatic heterocycles. The van der Waals surface area contributed by atoms with E-state index < -0.39 is 5.60 Å². The Bertz CT molecular complexity index is 1080. The Hall–Kier alpha value is -2.34. The largest absolute Gasteiger partial charge is 0.490 e. The number of fused-ring (bicyclic) bond motifs is 1. The molecule has 2 heterocycles. The van der Waals surface area contributed by atoms with E-state index in [1.54, 1.807) is 13.8 Å². The van der Waals surface area contributed by atoms with E-state index in [0.29, 0.717) is 11.6 Å². The molecule has 0 saturated heterocycles. The van der Waals surface area contributed by atoms with Crippen molar-refractivity contribution in [2.45, 2.75) is 39.3 Å². The van der Waals surface area contributed by atoms with Crippen LogP contribution in [0.3, 0.4) is 0 Å². The summed E-state index contributed by atoms with van der Waals surface area (Å²) in [7, 11) is 0. The molecule has 0 spiro atoms. The van der Waals surface area contributed by atoms with Crippen LogP contribution in [0, 0.1) is 0 Å². The highest BCUT2D eigenvalue weighted by Crippen LogP contribution is 2.39. The molecular formula is C24H24ClNO3S. The van der Waals surface area contributed by atoms with Crippen LogP contribution < -0.4 is 9.64 Å². The maximum Gasteiger partial charge on any atom is 0.269 e. The number of carbonyl (C=O) groups excluding carboxylic acids is 1. The van der Waals surface area contributed by atoms with Crippen LogP contribution >= 0.6 is 22.9 Å². The van der Waals surface area contributed by atoms with E-state index in [4.69, 9.17) is 16.3 Å². The Morgan fingerprint density at radius 2 is 1.90 bits per heavy atom. The summed E-state index contributed by atoms with van der Waals surface area (Å²) in [6.45, 7) is 6.26. The Morgan fingerprint density at radius 1 is 1.17 bits per heavy atom. The van der Waals surface area contributed by atoms with Crippen LogP contribution in [0.1, 0.15) is 41.6 Å². The number of carbonyl (C=O) groups is 1. The van der Waals surface area contributed by atoms with Crippen LogP contribution in [0.15, 0.2) is 48.5 Å². The van der Waals surface area contributed by atoms with Gasteiger partial charge in [-0.3, -0.25) is 4.79 Å². The molecule has 0 atom stereocenters. The molecule has 156 valence electrons. The molecular weight excluding hydrogens is 418 g/mol. The second kappa shape index (κ2) is 8.06. The average molecular weight is 442 g/mol. The molecule has 0 fully saturated rings. The summed E-state index contributed by atoms with van der Waals surface area (Å²) in [5.74, 6) is 0.775. The van der Waals surface area contributed by atoms with Gasteiger partial charge in [-0.15, -0.1) is 11.3 Å². The van der Waals surface area contributed by atoms with Crippen molar-refractivity contribution in [3.8, 4) is 16.2 Å². The number of halogens is 1. The zero-order chi connectivity index (χ0) is 21.5. The van der Waals surface area contributed by atoms with E-state index in [2.05, 4.69) is 13.0 Å². The van der Waals surface area contributed by atoms with E-state index in [1.165, 1.54) is 11.3 Å². The summed E-state index contributed by atoms with van der Waals surface area (Å²) in [4.78, 5) is 16.8. The third kappa shape index (κ3) is 4.24. The standard InChI is InChI=1S/C24H24ClNO3S/c1-4-15-11-19(9-10-20(15)29-14-24(2,3)28)26-13-17-12-21(30-22(17)23(26)27)16-5-7-18(25)8-6-16/h5-12,28H,4,13-14H2,1-3H3. The minimum absolute atomic E-state index is 0.0300. The fourth-order valence-corrected chi connectivity index (χ4v) is 4.72. The summed E-state index contributed by atoms with van der Waals surface area (Å²) in [5.41, 5.74) is 3.10. The first-order valence-electron chi connectivity index (χ1n) is 9.94. The monoisotopic (exact) mass is 441 g/mol. The summed E-state index contributed by atoms with van der Waals surface area (Å²) in [6, 6.07) is 15.6. The number of aryl methyl sites for hydroxylation is 1. The third-order valence-electron chi connectivity index (χ3n) is 5.02. The number of anilines is 1. The lowest BCUT2D eigenvalue weighted by Gasteiger charge is -2.21.